The average Bonchev–Trinajstić information content (AvgIpc) is 2.48. The quantitative estimate of drug-likeness (QED) is 0.649. The Balaban J connectivity index is 2.10. The van der Waals surface area contributed by atoms with Gasteiger partial charge < -0.3 is 10.4 Å². The summed E-state index contributed by atoms with van der Waals surface area (Å²) in [5.41, 5.74) is 2.01. The first kappa shape index (κ1) is 15.0. The van der Waals surface area contributed by atoms with E-state index >= 15 is 0 Å². The van der Waals surface area contributed by atoms with Crippen molar-refractivity contribution in [2.24, 2.45) is 0 Å². The van der Waals surface area contributed by atoms with E-state index in [2.05, 4.69) is 5.32 Å². The van der Waals surface area contributed by atoms with Crippen molar-refractivity contribution in [1.29, 1.82) is 0 Å². The number of nitro groups is 1. The maximum absolute atomic E-state index is 10.8. The Morgan fingerprint density at radius 1 is 1.05 bits per heavy atom. The monoisotopic (exact) mass is 286 g/mol. The summed E-state index contributed by atoms with van der Waals surface area (Å²) in [4.78, 5) is 10.4. The van der Waals surface area contributed by atoms with Gasteiger partial charge in [0.2, 0.25) is 0 Å². The molecule has 0 saturated heterocycles. The van der Waals surface area contributed by atoms with Gasteiger partial charge in [-0.3, -0.25) is 10.1 Å². The van der Waals surface area contributed by atoms with Gasteiger partial charge in [0.05, 0.1) is 4.92 Å². The third-order valence-electron chi connectivity index (χ3n) is 3.47. The first-order valence-electron chi connectivity index (χ1n) is 6.76. The molecule has 0 aliphatic heterocycles. The molecular weight excluding hydrogens is 268 g/mol. The van der Waals surface area contributed by atoms with Gasteiger partial charge in [0.25, 0.3) is 5.69 Å². The molecule has 0 radical (unpaired) electrons. The molecule has 0 saturated carbocycles. The Morgan fingerprint density at radius 3 is 2.29 bits per heavy atom. The summed E-state index contributed by atoms with van der Waals surface area (Å²) in [6.45, 7) is 3.98. The molecule has 2 aromatic carbocycles. The minimum atomic E-state index is -0.389. The Hall–Kier alpha value is -2.40. The number of benzene rings is 2. The largest absolute Gasteiger partial charge is 0.508 e. The summed E-state index contributed by atoms with van der Waals surface area (Å²) in [5.74, 6) is 0.234. The van der Waals surface area contributed by atoms with Crippen LogP contribution < -0.4 is 5.32 Å². The topological polar surface area (TPSA) is 75.4 Å². The van der Waals surface area contributed by atoms with E-state index in [1.807, 2.05) is 32.0 Å². The molecule has 0 aromatic heterocycles. The number of phenols is 1. The zero-order valence-corrected chi connectivity index (χ0v) is 12.0. The van der Waals surface area contributed by atoms with Crippen LogP contribution in [0, 0.1) is 10.1 Å². The molecule has 5 nitrogen and oxygen atoms in total. The van der Waals surface area contributed by atoms with Crippen LogP contribution in [0.3, 0.4) is 0 Å². The van der Waals surface area contributed by atoms with Crippen molar-refractivity contribution in [3.63, 3.8) is 0 Å². The molecule has 0 amide bonds. The fourth-order valence-electron chi connectivity index (χ4n) is 2.24. The summed E-state index contributed by atoms with van der Waals surface area (Å²) in [5, 5.41) is 23.5. The smallest absolute Gasteiger partial charge is 0.269 e. The van der Waals surface area contributed by atoms with Crippen LogP contribution in [0.4, 0.5) is 5.69 Å². The predicted molar refractivity (Wildman–Crippen MR) is 81.2 cm³/mol. The fourth-order valence-corrected chi connectivity index (χ4v) is 2.24. The summed E-state index contributed by atoms with van der Waals surface area (Å²) < 4.78 is 0. The van der Waals surface area contributed by atoms with Gasteiger partial charge in [0, 0.05) is 24.2 Å². The number of nitrogens with zero attached hydrogens (tertiary/aromatic N) is 1. The van der Waals surface area contributed by atoms with Crippen molar-refractivity contribution in [2.75, 3.05) is 0 Å². The van der Waals surface area contributed by atoms with Gasteiger partial charge in [-0.2, -0.15) is 0 Å². The summed E-state index contributed by atoms with van der Waals surface area (Å²) in [7, 11) is 0. The second kappa shape index (κ2) is 6.37. The highest BCUT2D eigenvalue weighted by Crippen LogP contribution is 2.23. The summed E-state index contributed by atoms with van der Waals surface area (Å²) in [6.07, 6.45) is 0. The highest BCUT2D eigenvalue weighted by Gasteiger charge is 2.14. The zero-order valence-electron chi connectivity index (χ0n) is 12.0. The Bertz CT molecular complexity index is 626. The van der Waals surface area contributed by atoms with E-state index in [9.17, 15) is 15.2 Å². The third kappa shape index (κ3) is 3.79. The molecule has 2 atom stereocenters. The fraction of sp³-hybridized carbons (Fsp3) is 0.250. The van der Waals surface area contributed by atoms with Crippen molar-refractivity contribution >= 4 is 5.69 Å². The first-order valence-corrected chi connectivity index (χ1v) is 6.76. The molecule has 0 bridgehead atoms. The lowest BCUT2D eigenvalue weighted by atomic mass is 10.0. The van der Waals surface area contributed by atoms with Crippen LogP contribution in [0.25, 0.3) is 0 Å². The van der Waals surface area contributed by atoms with Crippen molar-refractivity contribution in [1.82, 2.24) is 5.32 Å². The van der Waals surface area contributed by atoms with E-state index in [1.54, 1.807) is 24.3 Å². The van der Waals surface area contributed by atoms with Crippen molar-refractivity contribution < 1.29 is 10.0 Å². The maximum atomic E-state index is 10.8. The Kier molecular flexibility index (Phi) is 4.55. The van der Waals surface area contributed by atoms with Gasteiger partial charge in [-0.05, 0) is 37.1 Å². The number of non-ortho nitro benzene ring substituents is 1. The molecule has 0 aliphatic carbocycles. The normalized spacial score (nSPS) is 13.6. The standard InChI is InChI=1S/C16H18N2O3/c1-11(13-6-8-16(19)9-7-13)17-12(2)14-4-3-5-15(10-14)18(20)21/h3-12,17,19H,1-2H3. The summed E-state index contributed by atoms with van der Waals surface area (Å²) >= 11 is 0. The molecule has 2 aromatic rings. The lowest BCUT2D eigenvalue weighted by Crippen LogP contribution is -2.22. The second-order valence-electron chi connectivity index (χ2n) is 5.05. The van der Waals surface area contributed by atoms with Gasteiger partial charge in [0.15, 0.2) is 0 Å². The minimum Gasteiger partial charge on any atom is -0.508 e. The molecule has 0 spiro atoms. The van der Waals surface area contributed by atoms with Crippen LogP contribution in [0.2, 0.25) is 0 Å². The van der Waals surface area contributed by atoms with Gasteiger partial charge in [-0.1, -0.05) is 24.3 Å². The van der Waals surface area contributed by atoms with E-state index in [0.717, 1.165) is 11.1 Å². The van der Waals surface area contributed by atoms with Gasteiger partial charge in [-0.15, -0.1) is 0 Å². The predicted octanol–water partition coefficient (Wildman–Crippen LogP) is 3.71. The molecule has 21 heavy (non-hydrogen) atoms. The third-order valence-corrected chi connectivity index (χ3v) is 3.47. The number of phenolic OH excluding ortho intramolecular Hbond substituents is 1. The SMILES string of the molecule is CC(NC(C)c1cccc([N+](=O)[O-])c1)c1ccc(O)cc1. The number of rotatable bonds is 5. The zero-order chi connectivity index (χ0) is 15.4. The van der Waals surface area contributed by atoms with Gasteiger partial charge >= 0.3 is 0 Å². The molecule has 110 valence electrons. The van der Waals surface area contributed by atoms with Crippen LogP contribution in [0.5, 0.6) is 5.75 Å². The Morgan fingerprint density at radius 2 is 1.67 bits per heavy atom. The average molecular weight is 286 g/mol. The molecule has 2 unspecified atom stereocenters. The van der Waals surface area contributed by atoms with E-state index in [4.69, 9.17) is 0 Å². The van der Waals surface area contributed by atoms with Crippen LogP contribution >= 0.6 is 0 Å². The van der Waals surface area contributed by atoms with E-state index in [1.165, 1.54) is 6.07 Å². The van der Waals surface area contributed by atoms with Crippen LogP contribution in [0.1, 0.15) is 37.1 Å². The maximum Gasteiger partial charge on any atom is 0.269 e. The number of aromatic hydroxyl groups is 1. The van der Waals surface area contributed by atoms with E-state index < -0.39 is 0 Å². The van der Waals surface area contributed by atoms with Gasteiger partial charge in [0.1, 0.15) is 5.75 Å². The molecule has 2 N–H and O–H groups in total. The lowest BCUT2D eigenvalue weighted by Gasteiger charge is -2.20. The first-order chi connectivity index (χ1) is 9.97. The molecule has 2 rings (SSSR count). The van der Waals surface area contributed by atoms with Crippen molar-refractivity contribution in [3.05, 3.63) is 69.8 Å². The minimum absolute atomic E-state index is 0.0197. The second-order valence-corrected chi connectivity index (χ2v) is 5.05. The van der Waals surface area contributed by atoms with Crippen molar-refractivity contribution in [2.45, 2.75) is 25.9 Å². The number of hydrogen-bond acceptors (Lipinski definition) is 4. The molecule has 0 fully saturated rings. The number of hydrogen-bond donors (Lipinski definition) is 2. The van der Waals surface area contributed by atoms with Crippen LogP contribution in [-0.4, -0.2) is 10.0 Å². The molecule has 5 heteroatoms. The van der Waals surface area contributed by atoms with Gasteiger partial charge in [-0.25, -0.2) is 0 Å². The molecule has 0 heterocycles. The Labute approximate surface area is 123 Å². The van der Waals surface area contributed by atoms with Crippen LogP contribution in [-0.2, 0) is 0 Å². The number of nitro benzene ring substituents is 1. The number of nitrogens with one attached hydrogen (secondary N) is 1. The van der Waals surface area contributed by atoms with Crippen LogP contribution in [0.15, 0.2) is 48.5 Å². The highest BCUT2D eigenvalue weighted by molar-refractivity contribution is 5.36. The van der Waals surface area contributed by atoms with E-state index in [-0.39, 0.29) is 28.4 Å². The lowest BCUT2D eigenvalue weighted by molar-refractivity contribution is -0.384. The summed E-state index contributed by atoms with van der Waals surface area (Å²) in [6, 6.07) is 13.7. The van der Waals surface area contributed by atoms with Crippen molar-refractivity contribution in [3.8, 4) is 5.75 Å². The molecular formula is C16H18N2O3. The highest BCUT2D eigenvalue weighted by atomic mass is 16.6. The van der Waals surface area contributed by atoms with E-state index in [0.29, 0.717) is 0 Å². The molecule has 0 aliphatic rings.